The van der Waals surface area contributed by atoms with Crippen molar-refractivity contribution in [3.63, 3.8) is 0 Å². The molecule has 2 aliphatic rings. The number of benzene rings is 1. The third-order valence-electron chi connectivity index (χ3n) is 4.74. The molecule has 25 heavy (non-hydrogen) atoms. The number of fused-ring (bicyclic) bond motifs is 1. The van der Waals surface area contributed by atoms with Gasteiger partial charge in [-0.25, -0.2) is 8.42 Å². The van der Waals surface area contributed by atoms with Crippen molar-refractivity contribution in [2.45, 2.75) is 19.0 Å². The number of ether oxygens (including phenoxy) is 1. The number of methoxy groups -OCH3 is 1. The maximum Gasteiger partial charge on any atom is 0.254 e. The lowest BCUT2D eigenvalue weighted by Gasteiger charge is -2.43. The van der Waals surface area contributed by atoms with Crippen LogP contribution in [0.4, 0.5) is 0 Å². The number of amides is 2. The number of piperazine rings is 1. The Morgan fingerprint density at radius 3 is 2.32 bits per heavy atom. The third-order valence-corrected chi connectivity index (χ3v) is 6.73. The molecule has 2 fully saturated rings. The summed E-state index contributed by atoms with van der Waals surface area (Å²) in [5.74, 6) is -0.242. The van der Waals surface area contributed by atoms with Crippen LogP contribution in [0.2, 0.25) is 5.02 Å². The Morgan fingerprint density at radius 2 is 1.76 bits per heavy atom. The molecule has 136 valence electrons. The van der Waals surface area contributed by atoms with E-state index in [1.54, 1.807) is 21.9 Å². The van der Waals surface area contributed by atoms with Crippen molar-refractivity contribution in [3.8, 4) is 5.75 Å². The smallest absolute Gasteiger partial charge is 0.254 e. The fourth-order valence-corrected chi connectivity index (χ4v) is 5.80. The first-order valence-electron chi connectivity index (χ1n) is 7.85. The Labute approximate surface area is 151 Å². The lowest BCUT2D eigenvalue weighted by atomic mass is 10.0. The Bertz CT molecular complexity index is 826. The van der Waals surface area contributed by atoms with E-state index in [0.717, 1.165) is 0 Å². The first-order chi connectivity index (χ1) is 11.7. The molecule has 2 aliphatic heterocycles. The summed E-state index contributed by atoms with van der Waals surface area (Å²) in [6.45, 7) is 2.03. The monoisotopic (exact) mass is 386 g/mol. The van der Waals surface area contributed by atoms with Crippen LogP contribution in [0, 0.1) is 0 Å². The first kappa shape index (κ1) is 18.0. The molecule has 0 bridgehead atoms. The number of carbonyl (C=O) groups excluding carboxylic acids is 2. The van der Waals surface area contributed by atoms with Crippen LogP contribution in [0.25, 0.3) is 0 Å². The van der Waals surface area contributed by atoms with E-state index in [2.05, 4.69) is 0 Å². The summed E-state index contributed by atoms with van der Waals surface area (Å²) >= 11 is 6.09. The van der Waals surface area contributed by atoms with Crippen LogP contribution < -0.4 is 4.74 Å². The van der Waals surface area contributed by atoms with Crippen LogP contribution in [0.1, 0.15) is 17.3 Å². The average molecular weight is 387 g/mol. The van der Waals surface area contributed by atoms with E-state index in [0.29, 0.717) is 29.4 Å². The fourth-order valence-electron chi connectivity index (χ4n) is 3.56. The highest BCUT2D eigenvalue weighted by atomic mass is 35.5. The van der Waals surface area contributed by atoms with Crippen molar-refractivity contribution in [2.24, 2.45) is 0 Å². The van der Waals surface area contributed by atoms with E-state index >= 15 is 0 Å². The highest BCUT2D eigenvalue weighted by Gasteiger charge is 2.48. The predicted molar refractivity (Wildman–Crippen MR) is 92.7 cm³/mol. The van der Waals surface area contributed by atoms with Gasteiger partial charge in [0.15, 0.2) is 9.84 Å². The number of hydrogen-bond acceptors (Lipinski definition) is 5. The van der Waals surface area contributed by atoms with Gasteiger partial charge in [0.25, 0.3) is 5.91 Å². The third kappa shape index (κ3) is 3.32. The SMILES string of the molecule is COc1ccc(C(=O)N2CCN(C(C)=O)[C@@H]3CS(=O)(=O)C[C@@H]32)cc1Cl. The van der Waals surface area contributed by atoms with Gasteiger partial charge in [-0.15, -0.1) is 0 Å². The molecule has 1 aromatic carbocycles. The van der Waals surface area contributed by atoms with Crippen molar-refractivity contribution in [1.29, 1.82) is 0 Å². The molecule has 0 radical (unpaired) electrons. The zero-order chi connectivity index (χ0) is 18.4. The van der Waals surface area contributed by atoms with E-state index in [9.17, 15) is 18.0 Å². The molecule has 0 aromatic heterocycles. The zero-order valence-corrected chi connectivity index (χ0v) is 15.5. The zero-order valence-electron chi connectivity index (χ0n) is 13.9. The first-order valence-corrected chi connectivity index (χ1v) is 10.1. The van der Waals surface area contributed by atoms with Gasteiger partial charge in [0, 0.05) is 25.6 Å². The van der Waals surface area contributed by atoms with Crippen molar-refractivity contribution in [3.05, 3.63) is 28.8 Å². The molecule has 0 saturated carbocycles. The fraction of sp³-hybridized carbons (Fsp3) is 0.500. The molecule has 0 aliphatic carbocycles. The topological polar surface area (TPSA) is 84.0 Å². The molecule has 3 rings (SSSR count). The van der Waals surface area contributed by atoms with Crippen molar-refractivity contribution >= 4 is 33.3 Å². The van der Waals surface area contributed by atoms with Gasteiger partial charge in [0.2, 0.25) is 5.91 Å². The van der Waals surface area contributed by atoms with Gasteiger partial charge >= 0.3 is 0 Å². The average Bonchev–Trinajstić information content (AvgIpc) is 2.87. The summed E-state index contributed by atoms with van der Waals surface area (Å²) < 4.78 is 29.3. The molecule has 2 saturated heterocycles. The molecule has 9 heteroatoms. The number of hydrogen-bond donors (Lipinski definition) is 0. The Morgan fingerprint density at radius 1 is 1.16 bits per heavy atom. The van der Waals surface area contributed by atoms with Crippen molar-refractivity contribution in [1.82, 2.24) is 9.80 Å². The van der Waals surface area contributed by atoms with Crippen LogP contribution in [-0.4, -0.2) is 73.8 Å². The lowest BCUT2D eigenvalue weighted by molar-refractivity contribution is -0.133. The summed E-state index contributed by atoms with van der Waals surface area (Å²) in [4.78, 5) is 27.8. The standard InChI is InChI=1S/C16H19ClN2O5S/c1-10(20)18-5-6-19(14-9-25(22,23)8-13(14)18)16(21)11-3-4-15(24-2)12(17)7-11/h3-4,7,13-14H,5-6,8-9H2,1-2H3/t13-,14+/m1/s1. The Kier molecular flexibility index (Phi) is 4.68. The second-order valence-electron chi connectivity index (χ2n) is 6.27. The number of sulfone groups is 1. The Balaban J connectivity index is 1.91. The molecule has 2 amide bonds. The van der Waals surface area contributed by atoms with E-state index in [4.69, 9.17) is 16.3 Å². The molecule has 0 unspecified atom stereocenters. The van der Waals surface area contributed by atoms with Gasteiger partial charge in [-0.05, 0) is 18.2 Å². The van der Waals surface area contributed by atoms with Crippen LogP contribution in [0.5, 0.6) is 5.75 Å². The normalized spacial score (nSPS) is 24.8. The van der Waals surface area contributed by atoms with Gasteiger partial charge in [-0.2, -0.15) is 0 Å². The lowest BCUT2D eigenvalue weighted by Crippen LogP contribution is -2.61. The second kappa shape index (κ2) is 6.49. The molecule has 2 heterocycles. The quantitative estimate of drug-likeness (QED) is 0.751. The van der Waals surface area contributed by atoms with Gasteiger partial charge in [-0.1, -0.05) is 11.6 Å². The summed E-state index contributed by atoms with van der Waals surface area (Å²) in [5, 5.41) is 0.311. The molecule has 0 spiro atoms. The van der Waals surface area contributed by atoms with Crippen LogP contribution in [0.15, 0.2) is 18.2 Å². The van der Waals surface area contributed by atoms with Crippen LogP contribution in [-0.2, 0) is 14.6 Å². The number of rotatable bonds is 2. The number of halogens is 1. The largest absolute Gasteiger partial charge is 0.495 e. The molecular formula is C16H19ClN2O5S. The molecule has 2 atom stereocenters. The van der Waals surface area contributed by atoms with E-state index < -0.39 is 21.9 Å². The summed E-state index contributed by atoms with van der Waals surface area (Å²) in [7, 11) is -1.81. The highest BCUT2D eigenvalue weighted by Crippen LogP contribution is 2.30. The summed E-state index contributed by atoms with van der Waals surface area (Å²) in [6.07, 6.45) is 0. The minimum absolute atomic E-state index is 0.107. The minimum Gasteiger partial charge on any atom is -0.495 e. The van der Waals surface area contributed by atoms with Gasteiger partial charge < -0.3 is 14.5 Å². The molecular weight excluding hydrogens is 368 g/mol. The van der Waals surface area contributed by atoms with Gasteiger partial charge in [0.05, 0.1) is 35.7 Å². The second-order valence-corrected chi connectivity index (χ2v) is 8.83. The van der Waals surface area contributed by atoms with Crippen molar-refractivity contribution < 1.29 is 22.7 Å². The summed E-state index contributed by atoms with van der Waals surface area (Å²) in [5.41, 5.74) is 0.366. The van der Waals surface area contributed by atoms with Gasteiger partial charge in [-0.3, -0.25) is 9.59 Å². The summed E-state index contributed by atoms with van der Waals surface area (Å²) in [6, 6.07) is 3.69. The van der Waals surface area contributed by atoms with E-state index in [1.165, 1.54) is 20.1 Å². The highest BCUT2D eigenvalue weighted by molar-refractivity contribution is 7.91. The van der Waals surface area contributed by atoms with Crippen LogP contribution in [0.3, 0.4) is 0 Å². The Hall–Kier alpha value is -1.80. The minimum atomic E-state index is -3.30. The van der Waals surface area contributed by atoms with E-state index in [-0.39, 0.29) is 23.3 Å². The number of nitrogens with zero attached hydrogens (tertiary/aromatic N) is 2. The number of carbonyl (C=O) groups is 2. The van der Waals surface area contributed by atoms with Crippen molar-refractivity contribution in [2.75, 3.05) is 31.7 Å². The maximum atomic E-state index is 12.9. The molecule has 1 aromatic rings. The van der Waals surface area contributed by atoms with Gasteiger partial charge in [0.1, 0.15) is 5.75 Å². The van der Waals surface area contributed by atoms with Crippen LogP contribution >= 0.6 is 11.6 Å². The molecule has 7 nitrogen and oxygen atoms in total. The maximum absolute atomic E-state index is 12.9. The molecule has 0 N–H and O–H groups in total. The predicted octanol–water partition coefficient (Wildman–Crippen LogP) is 0.819. The van der Waals surface area contributed by atoms with E-state index in [1.807, 2.05) is 0 Å².